The molecule has 4 nitrogen and oxygen atoms in total. The van der Waals surface area contributed by atoms with Crippen LogP contribution >= 0.6 is 0 Å². The number of methoxy groups -OCH3 is 1. The molecule has 0 bridgehead atoms. The number of carbonyl (C=O) groups excluding carboxylic acids is 1. The van der Waals surface area contributed by atoms with Crippen LogP contribution < -0.4 is 10.6 Å². The number of ether oxygens (including phenoxy) is 1. The molecule has 2 aliphatic rings. The van der Waals surface area contributed by atoms with Crippen molar-refractivity contribution >= 4 is 5.91 Å². The van der Waals surface area contributed by atoms with Gasteiger partial charge in [-0.3, -0.25) is 4.79 Å². The van der Waals surface area contributed by atoms with Gasteiger partial charge in [-0.2, -0.15) is 0 Å². The quantitative estimate of drug-likeness (QED) is 0.621. The summed E-state index contributed by atoms with van der Waals surface area (Å²) in [5, 5.41) is 6.21. The van der Waals surface area contributed by atoms with Crippen molar-refractivity contribution in [3.63, 3.8) is 0 Å². The zero-order valence-corrected chi connectivity index (χ0v) is 7.88. The molecule has 0 aromatic carbocycles. The predicted molar refractivity (Wildman–Crippen MR) is 48.3 cm³/mol. The van der Waals surface area contributed by atoms with Crippen molar-refractivity contribution in [3.8, 4) is 0 Å². The lowest BCUT2D eigenvalue weighted by Gasteiger charge is -2.18. The highest BCUT2D eigenvalue weighted by molar-refractivity contribution is 5.81. The zero-order chi connectivity index (χ0) is 9.26. The van der Waals surface area contributed by atoms with E-state index < -0.39 is 0 Å². The van der Waals surface area contributed by atoms with Crippen LogP contribution in [0.2, 0.25) is 0 Å². The van der Waals surface area contributed by atoms with Gasteiger partial charge in [0.2, 0.25) is 5.91 Å². The highest BCUT2D eigenvalue weighted by atomic mass is 16.5. The first-order valence-electron chi connectivity index (χ1n) is 4.85. The highest BCUT2D eigenvalue weighted by Crippen LogP contribution is 2.29. The largest absolute Gasteiger partial charge is 0.378 e. The first-order valence-corrected chi connectivity index (χ1v) is 4.85. The Labute approximate surface area is 78.0 Å². The van der Waals surface area contributed by atoms with E-state index in [0.29, 0.717) is 0 Å². The Morgan fingerprint density at radius 3 is 2.85 bits per heavy atom. The minimum Gasteiger partial charge on any atom is -0.378 e. The molecule has 2 fully saturated rings. The molecule has 1 aliphatic heterocycles. The summed E-state index contributed by atoms with van der Waals surface area (Å²) < 4.78 is 5.25. The van der Waals surface area contributed by atoms with Crippen LogP contribution in [0.1, 0.15) is 12.8 Å². The second kappa shape index (κ2) is 3.64. The molecular weight excluding hydrogens is 168 g/mol. The van der Waals surface area contributed by atoms with E-state index in [2.05, 4.69) is 10.6 Å². The molecule has 1 unspecified atom stereocenters. The fourth-order valence-corrected chi connectivity index (χ4v) is 1.69. The van der Waals surface area contributed by atoms with Gasteiger partial charge in [0.1, 0.15) is 0 Å². The maximum Gasteiger partial charge on any atom is 0.223 e. The van der Waals surface area contributed by atoms with E-state index in [-0.39, 0.29) is 24.0 Å². The van der Waals surface area contributed by atoms with E-state index in [1.54, 1.807) is 7.11 Å². The van der Waals surface area contributed by atoms with Crippen molar-refractivity contribution in [2.45, 2.75) is 25.0 Å². The average Bonchev–Trinajstić information content (AvgIpc) is 2.88. The Kier molecular flexibility index (Phi) is 2.51. The van der Waals surface area contributed by atoms with E-state index in [9.17, 15) is 4.79 Å². The van der Waals surface area contributed by atoms with Gasteiger partial charge in [0.15, 0.2) is 0 Å². The van der Waals surface area contributed by atoms with Gasteiger partial charge >= 0.3 is 0 Å². The number of carbonyl (C=O) groups is 1. The summed E-state index contributed by atoms with van der Waals surface area (Å²) in [5.41, 5.74) is 0. The van der Waals surface area contributed by atoms with Crippen LogP contribution in [0.5, 0.6) is 0 Å². The lowest BCUT2D eigenvalue weighted by Crippen LogP contribution is -2.44. The van der Waals surface area contributed by atoms with Crippen LogP contribution in [0, 0.1) is 5.92 Å². The Balaban J connectivity index is 1.82. The van der Waals surface area contributed by atoms with Gasteiger partial charge in [-0.25, -0.2) is 0 Å². The summed E-state index contributed by atoms with van der Waals surface area (Å²) in [7, 11) is 1.69. The van der Waals surface area contributed by atoms with Crippen molar-refractivity contribution in [3.05, 3.63) is 0 Å². The van der Waals surface area contributed by atoms with E-state index in [0.717, 1.165) is 25.9 Å². The summed E-state index contributed by atoms with van der Waals surface area (Å²) in [6.45, 7) is 1.67. The minimum absolute atomic E-state index is 0.141. The van der Waals surface area contributed by atoms with E-state index in [4.69, 9.17) is 4.74 Å². The standard InChI is InChI=1S/C9H16N2O2/c1-13-8-5-10-4-7(8)11-9(12)6-2-3-6/h6-8,10H,2-5H2,1H3,(H,11,12)/t7?,8-/m0/s1. The molecule has 0 aromatic heterocycles. The Hall–Kier alpha value is -0.610. The molecule has 0 aromatic rings. The fraction of sp³-hybridized carbons (Fsp3) is 0.889. The molecule has 2 N–H and O–H groups in total. The molecule has 1 saturated carbocycles. The molecular formula is C9H16N2O2. The van der Waals surface area contributed by atoms with Crippen LogP contribution in [0.4, 0.5) is 0 Å². The number of hydrogen-bond acceptors (Lipinski definition) is 3. The van der Waals surface area contributed by atoms with Crippen molar-refractivity contribution in [1.82, 2.24) is 10.6 Å². The summed E-state index contributed by atoms with van der Waals surface area (Å²) in [5.74, 6) is 0.494. The molecule has 1 amide bonds. The Morgan fingerprint density at radius 1 is 1.46 bits per heavy atom. The minimum atomic E-state index is 0.141. The lowest BCUT2D eigenvalue weighted by atomic mass is 10.2. The molecule has 0 radical (unpaired) electrons. The fourth-order valence-electron chi connectivity index (χ4n) is 1.69. The molecule has 2 atom stereocenters. The molecule has 0 spiro atoms. The van der Waals surface area contributed by atoms with Gasteiger partial charge in [0.05, 0.1) is 12.1 Å². The highest BCUT2D eigenvalue weighted by Gasteiger charge is 2.34. The van der Waals surface area contributed by atoms with Crippen molar-refractivity contribution in [1.29, 1.82) is 0 Å². The van der Waals surface area contributed by atoms with Crippen LogP contribution in [-0.4, -0.2) is 38.3 Å². The maximum absolute atomic E-state index is 11.4. The monoisotopic (exact) mass is 184 g/mol. The first kappa shape index (κ1) is 8.97. The molecule has 1 heterocycles. The summed E-state index contributed by atoms with van der Waals surface area (Å²) in [4.78, 5) is 11.4. The number of amides is 1. The maximum atomic E-state index is 11.4. The average molecular weight is 184 g/mol. The third-order valence-corrected chi connectivity index (χ3v) is 2.74. The SMILES string of the molecule is CO[C@H]1CNCC1NC(=O)C1CC1. The lowest BCUT2D eigenvalue weighted by molar-refractivity contribution is -0.123. The van der Waals surface area contributed by atoms with Gasteiger partial charge < -0.3 is 15.4 Å². The van der Waals surface area contributed by atoms with Crippen molar-refractivity contribution in [2.75, 3.05) is 20.2 Å². The number of rotatable bonds is 3. The third kappa shape index (κ3) is 2.00. The van der Waals surface area contributed by atoms with Gasteiger partial charge in [-0.1, -0.05) is 0 Å². The summed E-state index contributed by atoms with van der Waals surface area (Å²) in [6.07, 6.45) is 2.26. The smallest absolute Gasteiger partial charge is 0.223 e. The normalized spacial score (nSPS) is 33.3. The summed E-state index contributed by atoms with van der Waals surface area (Å²) >= 11 is 0. The van der Waals surface area contributed by atoms with Gasteiger partial charge in [0, 0.05) is 26.1 Å². The van der Waals surface area contributed by atoms with Gasteiger partial charge in [-0.15, -0.1) is 0 Å². The van der Waals surface area contributed by atoms with Crippen molar-refractivity contribution < 1.29 is 9.53 Å². The van der Waals surface area contributed by atoms with Crippen LogP contribution in [0.3, 0.4) is 0 Å². The first-order chi connectivity index (χ1) is 6.31. The number of nitrogens with one attached hydrogen (secondary N) is 2. The Morgan fingerprint density at radius 2 is 2.23 bits per heavy atom. The zero-order valence-electron chi connectivity index (χ0n) is 7.88. The van der Waals surface area contributed by atoms with Crippen LogP contribution in [0.25, 0.3) is 0 Å². The van der Waals surface area contributed by atoms with Crippen LogP contribution in [0.15, 0.2) is 0 Å². The van der Waals surface area contributed by atoms with Gasteiger partial charge in [0.25, 0.3) is 0 Å². The van der Waals surface area contributed by atoms with E-state index in [1.807, 2.05) is 0 Å². The van der Waals surface area contributed by atoms with Crippen LogP contribution in [-0.2, 0) is 9.53 Å². The summed E-state index contributed by atoms with van der Waals surface area (Å²) in [6, 6.07) is 0.165. The molecule has 2 rings (SSSR count). The van der Waals surface area contributed by atoms with Crippen molar-refractivity contribution in [2.24, 2.45) is 5.92 Å². The van der Waals surface area contributed by atoms with Gasteiger partial charge in [-0.05, 0) is 12.8 Å². The second-order valence-corrected chi connectivity index (χ2v) is 3.82. The molecule has 1 saturated heterocycles. The van der Waals surface area contributed by atoms with E-state index >= 15 is 0 Å². The molecule has 1 aliphatic carbocycles. The third-order valence-electron chi connectivity index (χ3n) is 2.74. The Bertz CT molecular complexity index is 204. The topological polar surface area (TPSA) is 50.4 Å². The predicted octanol–water partition coefficient (Wildman–Crippen LogP) is -0.501. The molecule has 13 heavy (non-hydrogen) atoms. The number of hydrogen-bond donors (Lipinski definition) is 2. The van der Waals surface area contributed by atoms with E-state index in [1.165, 1.54) is 0 Å². The molecule has 4 heteroatoms. The molecule has 74 valence electrons. The second-order valence-electron chi connectivity index (χ2n) is 3.82.